The number of hydrogen-bond donors (Lipinski definition) is 1. The molecule has 0 heterocycles. The summed E-state index contributed by atoms with van der Waals surface area (Å²) in [4.78, 5) is 12.7. The highest BCUT2D eigenvalue weighted by Crippen LogP contribution is 2.44. The average Bonchev–Trinajstić information content (AvgIpc) is 2.43. The van der Waals surface area contributed by atoms with Gasteiger partial charge in [0.05, 0.1) is 15.5 Å². The van der Waals surface area contributed by atoms with Gasteiger partial charge in [0.1, 0.15) is 0 Å². The van der Waals surface area contributed by atoms with Crippen molar-refractivity contribution in [1.29, 1.82) is 0 Å². The van der Waals surface area contributed by atoms with Crippen LogP contribution in [-0.4, -0.2) is 5.91 Å². The van der Waals surface area contributed by atoms with Crippen LogP contribution in [0.25, 0.3) is 0 Å². The highest BCUT2D eigenvalue weighted by Gasteiger charge is 2.45. The van der Waals surface area contributed by atoms with Gasteiger partial charge in [-0.05, 0) is 36.6 Å². The number of nitrogens with one attached hydrogen (secondary N) is 1. The molecule has 2 nitrogen and oxygen atoms in total. The third kappa shape index (κ3) is 2.66. The van der Waals surface area contributed by atoms with Crippen LogP contribution in [0.2, 0.25) is 10.0 Å². The fraction of sp³-hybridized carbons (Fsp3) is 0.235. The van der Waals surface area contributed by atoms with Crippen LogP contribution in [-0.2, 0) is 10.2 Å². The van der Waals surface area contributed by atoms with Gasteiger partial charge in [-0.25, -0.2) is 0 Å². The number of rotatable bonds is 3. The van der Waals surface area contributed by atoms with Crippen LogP contribution in [0, 0.1) is 0 Å². The fourth-order valence-corrected chi connectivity index (χ4v) is 3.06. The summed E-state index contributed by atoms with van der Waals surface area (Å²) < 4.78 is 0. The molecular weight excluding hydrogens is 305 g/mol. The predicted octanol–water partition coefficient (Wildman–Crippen LogP) is 5.05. The molecule has 4 heteroatoms. The van der Waals surface area contributed by atoms with E-state index in [0.717, 1.165) is 24.8 Å². The molecular formula is C17H15Cl2NO. The van der Waals surface area contributed by atoms with Gasteiger partial charge in [0, 0.05) is 5.69 Å². The van der Waals surface area contributed by atoms with Crippen molar-refractivity contribution in [3.8, 4) is 0 Å². The third-order valence-electron chi connectivity index (χ3n) is 4.15. The van der Waals surface area contributed by atoms with E-state index in [1.165, 1.54) is 0 Å². The molecule has 1 aliphatic rings. The van der Waals surface area contributed by atoms with Gasteiger partial charge in [-0.1, -0.05) is 60.0 Å². The average molecular weight is 320 g/mol. The van der Waals surface area contributed by atoms with Gasteiger partial charge in [-0.3, -0.25) is 4.79 Å². The first kappa shape index (κ1) is 14.4. The third-order valence-corrected chi connectivity index (χ3v) is 4.88. The molecule has 1 N–H and O–H groups in total. The Morgan fingerprint density at radius 3 is 2.29 bits per heavy atom. The van der Waals surface area contributed by atoms with Crippen molar-refractivity contribution in [2.75, 3.05) is 5.32 Å². The molecule has 0 atom stereocenters. The fourth-order valence-electron chi connectivity index (χ4n) is 2.76. The minimum Gasteiger partial charge on any atom is -0.325 e. The number of anilines is 1. The highest BCUT2D eigenvalue weighted by molar-refractivity contribution is 6.42. The van der Waals surface area contributed by atoms with Crippen LogP contribution in [0.1, 0.15) is 24.8 Å². The highest BCUT2D eigenvalue weighted by atomic mass is 35.5. The number of carbonyl (C=O) groups is 1. The molecule has 1 fully saturated rings. The molecule has 0 aliphatic heterocycles. The van der Waals surface area contributed by atoms with Crippen LogP contribution in [0.4, 0.5) is 5.69 Å². The van der Waals surface area contributed by atoms with Gasteiger partial charge >= 0.3 is 0 Å². The topological polar surface area (TPSA) is 29.1 Å². The Bertz CT molecular complexity index is 666. The summed E-state index contributed by atoms with van der Waals surface area (Å²) in [5, 5.41) is 3.89. The van der Waals surface area contributed by atoms with Crippen LogP contribution in [0.5, 0.6) is 0 Å². The Kier molecular flexibility index (Phi) is 3.92. The van der Waals surface area contributed by atoms with Crippen molar-refractivity contribution in [1.82, 2.24) is 0 Å². The Hall–Kier alpha value is -1.51. The summed E-state index contributed by atoms with van der Waals surface area (Å²) in [5.41, 5.74) is 1.35. The number of benzene rings is 2. The van der Waals surface area contributed by atoms with E-state index in [2.05, 4.69) is 5.32 Å². The largest absolute Gasteiger partial charge is 0.325 e. The molecule has 0 spiro atoms. The first-order chi connectivity index (χ1) is 10.1. The van der Waals surface area contributed by atoms with E-state index in [0.29, 0.717) is 15.7 Å². The van der Waals surface area contributed by atoms with Gasteiger partial charge in [-0.2, -0.15) is 0 Å². The van der Waals surface area contributed by atoms with E-state index in [4.69, 9.17) is 23.2 Å². The van der Waals surface area contributed by atoms with Crippen molar-refractivity contribution < 1.29 is 4.79 Å². The standard InChI is InChI=1S/C17H15Cl2NO/c18-14-8-7-13(11-15(14)19)20-16(21)17(9-4-10-17)12-5-2-1-3-6-12/h1-3,5-8,11H,4,9-10H2,(H,20,21). The number of halogens is 2. The lowest BCUT2D eigenvalue weighted by Gasteiger charge is -2.40. The SMILES string of the molecule is O=C(Nc1ccc(Cl)c(Cl)c1)C1(c2ccccc2)CCC1. The smallest absolute Gasteiger partial charge is 0.235 e. The summed E-state index contributed by atoms with van der Waals surface area (Å²) in [6, 6.07) is 15.1. The molecule has 2 aromatic rings. The molecule has 0 radical (unpaired) electrons. The summed E-state index contributed by atoms with van der Waals surface area (Å²) >= 11 is 11.9. The predicted molar refractivity (Wildman–Crippen MR) is 87.1 cm³/mol. The van der Waals surface area contributed by atoms with E-state index in [9.17, 15) is 4.79 Å². The molecule has 0 unspecified atom stereocenters. The Morgan fingerprint density at radius 1 is 1.00 bits per heavy atom. The zero-order chi connectivity index (χ0) is 14.9. The molecule has 2 aromatic carbocycles. The Labute approximate surface area is 134 Å². The van der Waals surface area contributed by atoms with Crippen LogP contribution >= 0.6 is 23.2 Å². The normalized spacial score (nSPS) is 16.1. The number of hydrogen-bond acceptors (Lipinski definition) is 1. The molecule has 0 aromatic heterocycles. The maximum atomic E-state index is 12.7. The molecule has 1 amide bonds. The molecule has 0 bridgehead atoms. The summed E-state index contributed by atoms with van der Waals surface area (Å²) in [6.07, 6.45) is 2.83. The molecule has 0 saturated heterocycles. The quantitative estimate of drug-likeness (QED) is 0.842. The van der Waals surface area contributed by atoms with Crippen LogP contribution < -0.4 is 5.32 Å². The van der Waals surface area contributed by atoms with Crippen LogP contribution in [0.3, 0.4) is 0 Å². The second-order valence-corrected chi connectivity index (χ2v) is 6.20. The van der Waals surface area contributed by atoms with Gasteiger partial charge in [0.2, 0.25) is 5.91 Å². The molecule has 108 valence electrons. The van der Waals surface area contributed by atoms with E-state index in [1.54, 1.807) is 18.2 Å². The minimum absolute atomic E-state index is 0.0262. The van der Waals surface area contributed by atoms with E-state index >= 15 is 0 Å². The van der Waals surface area contributed by atoms with E-state index < -0.39 is 5.41 Å². The van der Waals surface area contributed by atoms with Crippen LogP contribution in [0.15, 0.2) is 48.5 Å². The monoisotopic (exact) mass is 319 g/mol. The summed E-state index contributed by atoms with van der Waals surface area (Å²) in [7, 11) is 0. The second-order valence-electron chi connectivity index (χ2n) is 5.38. The number of carbonyl (C=O) groups excluding carboxylic acids is 1. The lowest BCUT2D eigenvalue weighted by molar-refractivity contribution is -0.124. The Morgan fingerprint density at radius 2 is 1.71 bits per heavy atom. The first-order valence-corrected chi connectivity index (χ1v) is 7.69. The first-order valence-electron chi connectivity index (χ1n) is 6.94. The summed E-state index contributed by atoms with van der Waals surface area (Å²) in [6.45, 7) is 0. The van der Waals surface area contributed by atoms with Gasteiger partial charge in [0.25, 0.3) is 0 Å². The summed E-state index contributed by atoms with van der Waals surface area (Å²) in [5.74, 6) is 0.0262. The van der Waals surface area contributed by atoms with Crippen molar-refractivity contribution in [2.45, 2.75) is 24.7 Å². The van der Waals surface area contributed by atoms with Gasteiger partial charge in [-0.15, -0.1) is 0 Å². The van der Waals surface area contributed by atoms with Gasteiger partial charge < -0.3 is 5.32 Å². The lowest BCUT2D eigenvalue weighted by atomic mass is 9.64. The second kappa shape index (κ2) is 5.70. The zero-order valence-corrected chi connectivity index (χ0v) is 12.9. The molecule has 21 heavy (non-hydrogen) atoms. The van der Waals surface area contributed by atoms with E-state index in [-0.39, 0.29) is 5.91 Å². The Balaban J connectivity index is 1.85. The zero-order valence-electron chi connectivity index (χ0n) is 11.4. The van der Waals surface area contributed by atoms with Gasteiger partial charge in [0.15, 0.2) is 0 Å². The van der Waals surface area contributed by atoms with Crippen molar-refractivity contribution in [2.24, 2.45) is 0 Å². The van der Waals surface area contributed by atoms with E-state index in [1.807, 2.05) is 30.3 Å². The maximum absolute atomic E-state index is 12.7. The van der Waals surface area contributed by atoms with Crippen molar-refractivity contribution >= 4 is 34.8 Å². The lowest BCUT2D eigenvalue weighted by Crippen LogP contribution is -2.45. The number of amides is 1. The molecule has 3 rings (SSSR count). The molecule has 1 saturated carbocycles. The van der Waals surface area contributed by atoms with Crippen molar-refractivity contribution in [3.05, 3.63) is 64.1 Å². The minimum atomic E-state index is -0.409. The maximum Gasteiger partial charge on any atom is 0.235 e. The van der Waals surface area contributed by atoms with Crippen molar-refractivity contribution in [3.63, 3.8) is 0 Å². The molecule has 1 aliphatic carbocycles.